The molecule has 0 aliphatic carbocycles. The average Bonchev–Trinajstić information content (AvgIpc) is 3.15. The lowest BCUT2D eigenvalue weighted by Gasteiger charge is -2.05. The van der Waals surface area contributed by atoms with Crippen LogP contribution in [0.25, 0.3) is 22.7 Å². The highest BCUT2D eigenvalue weighted by molar-refractivity contribution is 6.21. The van der Waals surface area contributed by atoms with Crippen molar-refractivity contribution >= 4 is 40.4 Å². The number of carbonyl (C=O) groups is 2. The van der Waals surface area contributed by atoms with E-state index >= 15 is 0 Å². The molecule has 0 spiro atoms. The van der Waals surface area contributed by atoms with Gasteiger partial charge in [-0.1, -0.05) is 48.5 Å². The standard InChI is InChI=1S/C23H17N3O3/c27-22(16-9-5-2-6-10-16)26-20-12-11-18-17(14-24-21(18)25-20)13-19(23(28)29)15-7-3-1-4-8-15/h1-14H,(H,28,29)(H2,24,25,26,27). The normalized spacial score (nSPS) is 11.4. The number of pyridine rings is 1. The van der Waals surface area contributed by atoms with Crippen molar-refractivity contribution in [3.05, 3.63) is 95.7 Å². The summed E-state index contributed by atoms with van der Waals surface area (Å²) in [6.07, 6.45) is 3.31. The third-order valence-electron chi connectivity index (χ3n) is 4.46. The first-order chi connectivity index (χ1) is 14.1. The van der Waals surface area contributed by atoms with Gasteiger partial charge in [0.1, 0.15) is 11.5 Å². The largest absolute Gasteiger partial charge is 0.478 e. The van der Waals surface area contributed by atoms with E-state index in [2.05, 4.69) is 15.3 Å². The molecule has 6 heteroatoms. The number of amides is 1. The predicted molar refractivity (Wildman–Crippen MR) is 112 cm³/mol. The van der Waals surface area contributed by atoms with E-state index in [0.717, 1.165) is 5.39 Å². The number of nitrogens with one attached hydrogen (secondary N) is 2. The average molecular weight is 383 g/mol. The van der Waals surface area contributed by atoms with Gasteiger partial charge < -0.3 is 15.4 Å². The van der Waals surface area contributed by atoms with Gasteiger partial charge in [0.25, 0.3) is 5.91 Å². The van der Waals surface area contributed by atoms with E-state index in [1.165, 1.54) is 0 Å². The van der Waals surface area contributed by atoms with Crippen LogP contribution in [0.5, 0.6) is 0 Å². The number of aliphatic carboxylic acids is 1. The second-order valence-electron chi connectivity index (χ2n) is 6.39. The van der Waals surface area contributed by atoms with Gasteiger partial charge >= 0.3 is 5.97 Å². The lowest BCUT2D eigenvalue weighted by Crippen LogP contribution is -2.12. The van der Waals surface area contributed by atoms with Gasteiger partial charge in [-0.2, -0.15) is 0 Å². The summed E-state index contributed by atoms with van der Waals surface area (Å²) in [6.45, 7) is 0. The number of carboxylic acid groups (broad SMARTS) is 1. The summed E-state index contributed by atoms with van der Waals surface area (Å²) in [5, 5.41) is 13.1. The van der Waals surface area contributed by atoms with Crippen molar-refractivity contribution in [1.29, 1.82) is 0 Å². The maximum atomic E-state index is 12.3. The van der Waals surface area contributed by atoms with Crippen LogP contribution < -0.4 is 5.32 Å². The van der Waals surface area contributed by atoms with Crippen molar-refractivity contribution in [1.82, 2.24) is 9.97 Å². The van der Waals surface area contributed by atoms with Crippen LogP contribution in [-0.2, 0) is 4.79 Å². The van der Waals surface area contributed by atoms with Gasteiger partial charge in [-0.05, 0) is 35.9 Å². The quantitative estimate of drug-likeness (QED) is 0.444. The van der Waals surface area contributed by atoms with Crippen molar-refractivity contribution in [2.75, 3.05) is 5.32 Å². The van der Waals surface area contributed by atoms with Crippen molar-refractivity contribution in [2.24, 2.45) is 0 Å². The molecule has 4 rings (SSSR count). The van der Waals surface area contributed by atoms with E-state index in [9.17, 15) is 14.7 Å². The lowest BCUT2D eigenvalue weighted by atomic mass is 10.0. The fourth-order valence-corrected chi connectivity index (χ4v) is 3.03. The van der Waals surface area contributed by atoms with Crippen LogP contribution in [0.3, 0.4) is 0 Å². The first-order valence-electron chi connectivity index (χ1n) is 8.97. The molecule has 142 valence electrons. The van der Waals surface area contributed by atoms with E-state index in [1.54, 1.807) is 72.9 Å². The Hall–Kier alpha value is -4.19. The number of hydrogen-bond acceptors (Lipinski definition) is 3. The third kappa shape index (κ3) is 3.91. The van der Waals surface area contributed by atoms with E-state index in [-0.39, 0.29) is 11.5 Å². The zero-order chi connectivity index (χ0) is 20.2. The summed E-state index contributed by atoms with van der Waals surface area (Å²) in [5.41, 5.74) is 2.61. The number of aromatic amines is 1. The van der Waals surface area contributed by atoms with Gasteiger partial charge in [0, 0.05) is 22.7 Å². The number of rotatable bonds is 5. The van der Waals surface area contributed by atoms with Crippen molar-refractivity contribution in [3.63, 3.8) is 0 Å². The SMILES string of the molecule is O=C(O)C(=Cc1c[nH]c2nc(NC(=O)c3ccccc3)ccc12)c1ccccc1. The number of anilines is 1. The van der Waals surface area contributed by atoms with Gasteiger partial charge in [0.15, 0.2) is 0 Å². The molecule has 0 saturated carbocycles. The highest BCUT2D eigenvalue weighted by Gasteiger charge is 2.13. The molecule has 0 saturated heterocycles. The maximum absolute atomic E-state index is 12.3. The Balaban J connectivity index is 1.65. The number of nitrogens with zero attached hydrogens (tertiary/aromatic N) is 1. The Morgan fingerprint density at radius 3 is 2.21 bits per heavy atom. The van der Waals surface area contributed by atoms with Crippen LogP contribution in [0.15, 0.2) is 79.0 Å². The molecule has 0 aliphatic heterocycles. The van der Waals surface area contributed by atoms with Gasteiger partial charge in [-0.25, -0.2) is 9.78 Å². The van der Waals surface area contributed by atoms with Crippen molar-refractivity contribution in [3.8, 4) is 0 Å². The number of aromatic nitrogens is 2. The fourth-order valence-electron chi connectivity index (χ4n) is 3.03. The minimum atomic E-state index is -1.01. The molecular formula is C23H17N3O3. The second kappa shape index (κ2) is 7.82. The molecule has 0 aliphatic rings. The first kappa shape index (κ1) is 18.2. The number of fused-ring (bicyclic) bond motifs is 1. The van der Waals surface area contributed by atoms with E-state index < -0.39 is 5.97 Å². The van der Waals surface area contributed by atoms with Crippen molar-refractivity contribution < 1.29 is 14.7 Å². The number of benzene rings is 2. The summed E-state index contributed by atoms with van der Waals surface area (Å²) < 4.78 is 0. The molecule has 2 heterocycles. The minimum absolute atomic E-state index is 0.188. The monoisotopic (exact) mass is 383 g/mol. The molecule has 1 amide bonds. The Kier molecular flexibility index (Phi) is 4.90. The fraction of sp³-hybridized carbons (Fsp3) is 0. The van der Waals surface area contributed by atoms with Crippen LogP contribution in [0, 0.1) is 0 Å². The summed E-state index contributed by atoms with van der Waals surface area (Å²) in [6, 6.07) is 21.3. The number of H-pyrrole nitrogens is 1. The van der Waals surface area contributed by atoms with Crippen molar-refractivity contribution in [2.45, 2.75) is 0 Å². The Labute approximate surface area is 166 Å². The number of carboxylic acids is 1. The molecule has 0 fully saturated rings. The third-order valence-corrected chi connectivity index (χ3v) is 4.46. The van der Waals surface area contributed by atoms with Crippen LogP contribution in [0.1, 0.15) is 21.5 Å². The first-order valence-corrected chi connectivity index (χ1v) is 8.97. The summed E-state index contributed by atoms with van der Waals surface area (Å²) in [7, 11) is 0. The minimum Gasteiger partial charge on any atom is -0.478 e. The molecule has 2 aromatic carbocycles. The number of carbonyl (C=O) groups excluding carboxylic acids is 1. The number of hydrogen-bond donors (Lipinski definition) is 3. The lowest BCUT2D eigenvalue weighted by molar-refractivity contribution is -0.130. The van der Waals surface area contributed by atoms with E-state index in [4.69, 9.17) is 0 Å². The van der Waals surface area contributed by atoms with Gasteiger partial charge in [-0.3, -0.25) is 4.79 Å². The molecule has 2 aromatic heterocycles. The van der Waals surface area contributed by atoms with E-state index in [0.29, 0.717) is 28.2 Å². The van der Waals surface area contributed by atoms with Crippen LogP contribution in [0.4, 0.5) is 5.82 Å². The molecule has 6 nitrogen and oxygen atoms in total. The maximum Gasteiger partial charge on any atom is 0.336 e. The van der Waals surface area contributed by atoms with E-state index in [1.807, 2.05) is 12.1 Å². The topological polar surface area (TPSA) is 95.1 Å². The molecule has 0 radical (unpaired) electrons. The summed E-state index contributed by atoms with van der Waals surface area (Å²) in [4.78, 5) is 31.5. The molecule has 0 bridgehead atoms. The second-order valence-corrected chi connectivity index (χ2v) is 6.39. The Morgan fingerprint density at radius 1 is 0.897 bits per heavy atom. The van der Waals surface area contributed by atoms with Gasteiger partial charge in [-0.15, -0.1) is 0 Å². The summed E-state index contributed by atoms with van der Waals surface area (Å²) in [5.74, 6) is -0.850. The molecule has 4 aromatic rings. The van der Waals surface area contributed by atoms with Crippen LogP contribution in [0.2, 0.25) is 0 Å². The highest BCUT2D eigenvalue weighted by Crippen LogP contribution is 2.25. The molecular weight excluding hydrogens is 366 g/mol. The highest BCUT2D eigenvalue weighted by atomic mass is 16.4. The predicted octanol–water partition coefficient (Wildman–Crippen LogP) is 4.44. The smallest absolute Gasteiger partial charge is 0.336 e. The molecule has 29 heavy (non-hydrogen) atoms. The molecule has 0 atom stereocenters. The molecule has 3 N–H and O–H groups in total. The molecule has 0 unspecified atom stereocenters. The van der Waals surface area contributed by atoms with Crippen LogP contribution in [-0.4, -0.2) is 27.0 Å². The Bertz CT molecular complexity index is 1210. The van der Waals surface area contributed by atoms with Gasteiger partial charge in [0.2, 0.25) is 0 Å². The Morgan fingerprint density at radius 2 is 1.55 bits per heavy atom. The van der Waals surface area contributed by atoms with Gasteiger partial charge in [0.05, 0.1) is 5.57 Å². The zero-order valence-electron chi connectivity index (χ0n) is 15.3. The van der Waals surface area contributed by atoms with Crippen LogP contribution >= 0.6 is 0 Å². The zero-order valence-corrected chi connectivity index (χ0v) is 15.3. The summed E-state index contributed by atoms with van der Waals surface area (Å²) >= 11 is 0.